The highest BCUT2D eigenvalue weighted by Crippen LogP contribution is 2.18. The van der Waals surface area contributed by atoms with E-state index in [0.29, 0.717) is 10.2 Å². The maximum absolute atomic E-state index is 11.7. The van der Waals surface area contributed by atoms with Gasteiger partial charge in [0.25, 0.3) is 0 Å². The summed E-state index contributed by atoms with van der Waals surface area (Å²) in [5.74, 6) is 0. The highest BCUT2D eigenvalue weighted by Gasteiger charge is 2.25. The first-order valence-corrected chi connectivity index (χ1v) is 7.54. The number of allylic oxidation sites excluding steroid dienone is 3. The molecular weight excluding hydrogens is 368 g/mol. The lowest BCUT2D eigenvalue weighted by molar-refractivity contribution is 0.562. The first-order chi connectivity index (χ1) is 7.64. The summed E-state index contributed by atoms with van der Waals surface area (Å²) in [5, 5.41) is 0. The van der Waals surface area contributed by atoms with E-state index < -0.39 is 11.4 Å². The van der Waals surface area contributed by atoms with E-state index in [1.807, 2.05) is 27.7 Å². The van der Waals surface area contributed by atoms with Crippen LogP contribution in [0.2, 0.25) is 0 Å². The van der Waals surface area contributed by atoms with Crippen molar-refractivity contribution in [1.82, 2.24) is 0 Å². The van der Waals surface area contributed by atoms with Crippen LogP contribution < -0.4 is 0 Å². The zero-order chi connectivity index (χ0) is 13.6. The molecule has 0 radical (unpaired) electrons. The minimum Gasteiger partial charge on any atom is -0.591 e. The predicted octanol–water partition coefficient (Wildman–Crippen LogP) is 4.13. The molecule has 0 aliphatic rings. The molecule has 0 amide bonds. The lowest BCUT2D eigenvalue weighted by atomic mass is 10.3. The summed E-state index contributed by atoms with van der Waals surface area (Å²) in [4.78, 5) is 4.15. The highest BCUT2D eigenvalue weighted by molar-refractivity contribution is 9.12. The van der Waals surface area contributed by atoms with Crippen molar-refractivity contribution in [3.63, 3.8) is 0 Å². The smallest absolute Gasteiger partial charge is 0.144 e. The number of hydrogen-bond acceptors (Lipinski definition) is 3. The van der Waals surface area contributed by atoms with Crippen LogP contribution in [0.25, 0.3) is 0 Å². The lowest BCUT2D eigenvalue weighted by Gasteiger charge is -2.17. The molecule has 0 spiro atoms. The van der Waals surface area contributed by atoms with Crippen LogP contribution in [-0.4, -0.2) is 21.7 Å². The third-order valence-corrected chi connectivity index (χ3v) is 3.45. The molecule has 0 aromatic rings. The zero-order valence-electron chi connectivity index (χ0n) is 10.3. The van der Waals surface area contributed by atoms with Crippen molar-refractivity contribution in [2.45, 2.75) is 32.4 Å². The average molecular weight is 384 g/mol. The van der Waals surface area contributed by atoms with E-state index >= 15 is 0 Å². The Bertz CT molecular complexity index is 366. The molecule has 0 saturated heterocycles. The third kappa shape index (κ3) is 7.91. The van der Waals surface area contributed by atoms with Gasteiger partial charge >= 0.3 is 0 Å². The van der Waals surface area contributed by atoms with Gasteiger partial charge in [-0.15, -0.1) is 0 Å². The second-order valence-electron chi connectivity index (χ2n) is 4.22. The average Bonchev–Trinajstić information content (AvgIpc) is 2.14. The van der Waals surface area contributed by atoms with Crippen LogP contribution in [0.5, 0.6) is 0 Å². The molecule has 0 N–H and O–H groups in total. The van der Waals surface area contributed by atoms with Crippen LogP contribution in [0.4, 0.5) is 0 Å². The molecule has 1 atom stereocenters. The van der Waals surface area contributed by atoms with Gasteiger partial charge in [-0.2, -0.15) is 0 Å². The van der Waals surface area contributed by atoms with E-state index in [1.165, 1.54) is 6.21 Å². The molecular formula is C11H16Br2N2OS. The maximum Gasteiger partial charge on any atom is 0.144 e. The van der Waals surface area contributed by atoms with E-state index in [0.717, 1.165) is 4.48 Å². The fraction of sp³-hybridized carbons (Fsp3) is 0.455. The van der Waals surface area contributed by atoms with E-state index in [1.54, 1.807) is 6.21 Å². The number of hydrogen-bond donors (Lipinski definition) is 0. The Kier molecular flexibility index (Phi) is 7.55. The fourth-order valence-electron chi connectivity index (χ4n) is 0.607. The Hall–Kier alpha value is 0.0900. The standard InChI is InChI=1S/C11H16Br2N2OS/c1-8(12)6-14-10(9(2)13)7-15-17(16)11(3,4)5/h6-7H,1H2,2-5H3/b10-9+,14-6?,15-7?. The molecule has 0 heterocycles. The normalized spacial score (nSPS) is 16.4. The molecule has 0 bridgehead atoms. The molecule has 0 aliphatic heterocycles. The molecule has 0 fully saturated rings. The molecule has 0 aromatic heterocycles. The summed E-state index contributed by atoms with van der Waals surface area (Å²) < 4.78 is 16.8. The van der Waals surface area contributed by atoms with Crippen molar-refractivity contribution >= 4 is 55.7 Å². The first kappa shape index (κ1) is 17.1. The van der Waals surface area contributed by atoms with Crippen LogP contribution in [0.1, 0.15) is 27.7 Å². The highest BCUT2D eigenvalue weighted by atomic mass is 79.9. The Labute approximate surface area is 123 Å². The minimum absolute atomic E-state index is 0.370. The monoisotopic (exact) mass is 382 g/mol. The Morgan fingerprint density at radius 3 is 2.18 bits per heavy atom. The van der Waals surface area contributed by atoms with Gasteiger partial charge in [0, 0.05) is 15.2 Å². The van der Waals surface area contributed by atoms with Crippen LogP contribution >= 0.6 is 31.9 Å². The lowest BCUT2D eigenvalue weighted by Crippen LogP contribution is -2.25. The summed E-state index contributed by atoms with van der Waals surface area (Å²) in [7, 11) is 0. The minimum atomic E-state index is -1.28. The number of halogens is 2. The quantitative estimate of drug-likeness (QED) is 0.531. The Balaban J connectivity index is 4.88. The van der Waals surface area contributed by atoms with Crippen molar-refractivity contribution in [3.05, 3.63) is 21.2 Å². The van der Waals surface area contributed by atoms with Crippen LogP contribution in [0.15, 0.2) is 30.6 Å². The van der Waals surface area contributed by atoms with Gasteiger partial charge in [0.15, 0.2) is 0 Å². The van der Waals surface area contributed by atoms with Crippen molar-refractivity contribution in [1.29, 1.82) is 0 Å². The van der Waals surface area contributed by atoms with E-state index in [4.69, 9.17) is 0 Å². The summed E-state index contributed by atoms with van der Waals surface area (Å²) in [6.07, 6.45) is 3.06. The van der Waals surface area contributed by atoms with E-state index in [-0.39, 0.29) is 4.75 Å². The number of aliphatic imine (C=N–C) groups is 1. The van der Waals surface area contributed by atoms with Gasteiger partial charge in [0.05, 0.1) is 5.70 Å². The number of nitrogens with zero attached hydrogens (tertiary/aromatic N) is 2. The predicted molar refractivity (Wildman–Crippen MR) is 84.6 cm³/mol. The van der Waals surface area contributed by atoms with Crippen LogP contribution in [0, 0.1) is 0 Å². The number of rotatable bonds is 4. The van der Waals surface area contributed by atoms with E-state index in [2.05, 4.69) is 47.8 Å². The van der Waals surface area contributed by atoms with Gasteiger partial charge in [0.2, 0.25) is 0 Å². The van der Waals surface area contributed by atoms with E-state index in [9.17, 15) is 4.55 Å². The van der Waals surface area contributed by atoms with Gasteiger partial charge in [-0.05, 0) is 43.6 Å². The van der Waals surface area contributed by atoms with Gasteiger partial charge in [-0.25, -0.2) is 0 Å². The van der Waals surface area contributed by atoms with Crippen molar-refractivity contribution < 1.29 is 4.55 Å². The maximum atomic E-state index is 11.7. The molecule has 0 saturated carbocycles. The fourth-order valence-corrected chi connectivity index (χ4v) is 1.43. The Morgan fingerprint density at radius 1 is 1.29 bits per heavy atom. The zero-order valence-corrected chi connectivity index (χ0v) is 14.3. The molecule has 3 nitrogen and oxygen atoms in total. The molecule has 0 rings (SSSR count). The summed E-state index contributed by atoms with van der Waals surface area (Å²) in [6.45, 7) is 11.1. The Morgan fingerprint density at radius 2 is 1.82 bits per heavy atom. The molecule has 6 heteroatoms. The van der Waals surface area contributed by atoms with Gasteiger partial charge in [-0.1, -0.05) is 26.9 Å². The van der Waals surface area contributed by atoms with Gasteiger partial charge in [0.1, 0.15) is 22.3 Å². The summed E-state index contributed by atoms with van der Waals surface area (Å²) in [5.41, 5.74) is 0.614. The largest absolute Gasteiger partial charge is 0.591 e. The van der Waals surface area contributed by atoms with Gasteiger partial charge < -0.3 is 4.55 Å². The van der Waals surface area contributed by atoms with Crippen molar-refractivity contribution in [3.8, 4) is 0 Å². The topological polar surface area (TPSA) is 47.8 Å². The van der Waals surface area contributed by atoms with Crippen molar-refractivity contribution in [2.24, 2.45) is 9.39 Å². The van der Waals surface area contributed by atoms with Gasteiger partial charge in [-0.3, -0.25) is 4.99 Å². The van der Waals surface area contributed by atoms with Crippen LogP contribution in [-0.2, 0) is 11.4 Å². The molecule has 0 aliphatic carbocycles. The second kappa shape index (κ2) is 7.51. The first-order valence-electron chi connectivity index (χ1n) is 4.85. The molecule has 0 aromatic carbocycles. The van der Waals surface area contributed by atoms with Crippen LogP contribution in [0.3, 0.4) is 0 Å². The molecule has 96 valence electrons. The second-order valence-corrected chi connectivity index (χ2v) is 8.36. The third-order valence-electron chi connectivity index (χ3n) is 1.49. The summed E-state index contributed by atoms with van der Waals surface area (Å²) in [6, 6.07) is 0. The van der Waals surface area contributed by atoms with Crippen molar-refractivity contribution in [2.75, 3.05) is 0 Å². The molecule has 1 unspecified atom stereocenters. The summed E-state index contributed by atoms with van der Waals surface area (Å²) >= 11 is 5.22. The molecule has 17 heavy (non-hydrogen) atoms. The SMILES string of the molecule is C=C(Br)C=N/C(C=N[S+]([O-])C(C)(C)C)=C(\C)Br.